The van der Waals surface area contributed by atoms with E-state index in [2.05, 4.69) is 5.32 Å². The second-order valence-corrected chi connectivity index (χ2v) is 8.11. The predicted octanol–water partition coefficient (Wildman–Crippen LogP) is 4.82. The summed E-state index contributed by atoms with van der Waals surface area (Å²) in [6, 6.07) is 25.7. The minimum absolute atomic E-state index is 0.115. The number of esters is 1. The highest BCUT2D eigenvalue weighted by atomic mass is 16.5. The van der Waals surface area contributed by atoms with Crippen LogP contribution in [0.3, 0.4) is 0 Å². The number of anilines is 2. The maximum Gasteiger partial charge on any atom is 0.338 e. The second-order valence-electron chi connectivity index (χ2n) is 8.11. The van der Waals surface area contributed by atoms with E-state index in [9.17, 15) is 19.2 Å². The fourth-order valence-corrected chi connectivity index (χ4v) is 4.05. The number of ether oxygens (including phenoxy) is 1. The Morgan fingerprint density at radius 1 is 0.800 bits per heavy atom. The summed E-state index contributed by atoms with van der Waals surface area (Å²) in [6.07, 6.45) is -1.08. The Kier molecular flexibility index (Phi) is 5.58. The van der Waals surface area contributed by atoms with E-state index in [1.165, 1.54) is 19.1 Å². The van der Waals surface area contributed by atoms with Gasteiger partial charge in [0.15, 0.2) is 6.10 Å². The fraction of sp³-hybridized carbons (Fsp3) is 0.0714. The number of rotatable bonds is 5. The summed E-state index contributed by atoms with van der Waals surface area (Å²) in [6.45, 7) is 1.48. The van der Waals surface area contributed by atoms with Crippen molar-refractivity contribution in [3.63, 3.8) is 0 Å². The van der Waals surface area contributed by atoms with Crippen molar-refractivity contribution in [3.8, 4) is 0 Å². The molecule has 7 heteroatoms. The summed E-state index contributed by atoms with van der Waals surface area (Å²) in [7, 11) is 0. The number of carbonyl (C=O) groups excluding carboxylic acids is 4. The largest absolute Gasteiger partial charge is 0.449 e. The third-order valence-corrected chi connectivity index (χ3v) is 5.83. The fourth-order valence-electron chi connectivity index (χ4n) is 4.05. The standard InChI is InChI=1S/C28H20N2O5/c1-17(25(31)29-24-15-7-9-18-8-2-3-12-21(18)24)35-28(34)19-10-6-11-20(16-19)30-26(32)22-13-4-5-14-23(22)27(30)33/h2-17H,1H3,(H,29,31). The molecule has 1 aliphatic heterocycles. The first-order chi connectivity index (χ1) is 16.9. The highest BCUT2D eigenvalue weighted by Crippen LogP contribution is 2.29. The first-order valence-corrected chi connectivity index (χ1v) is 11.0. The zero-order valence-corrected chi connectivity index (χ0v) is 18.7. The van der Waals surface area contributed by atoms with Gasteiger partial charge in [0, 0.05) is 11.1 Å². The van der Waals surface area contributed by atoms with Crippen LogP contribution >= 0.6 is 0 Å². The third kappa shape index (κ3) is 4.04. The molecular weight excluding hydrogens is 444 g/mol. The van der Waals surface area contributed by atoms with Crippen molar-refractivity contribution in [2.75, 3.05) is 10.2 Å². The lowest BCUT2D eigenvalue weighted by atomic mass is 10.1. The molecule has 1 unspecified atom stereocenters. The molecule has 3 amide bonds. The Morgan fingerprint density at radius 3 is 2.17 bits per heavy atom. The monoisotopic (exact) mass is 464 g/mol. The van der Waals surface area contributed by atoms with Gasteiger partial charge in [-0.1, -0.05) is 54.6 Å². The van der Waals surface area contributed by atoms with Crippen molar-refractivity contribution in [1.82, 2.24) is 0 Å². The van der Waals surface area contributed by atoms with Gasteiger partial charge in [0.1, 0.15) is 0 Å². The van der Waals surface area contributed by atoms with Crippen molar-refractivity contribution in [2.45, 2.75) is 13.0 Å². The highest BCUT2D eigenvalue weighted by molar-refractivity contribution is 6.34. The number of amides is 3. The average Bonchev–Trinajstić information content (AvgIpc) is 3.14. The van der Waals surface area contributed by atoms with Crippen LogP contribution in [0.4, 0.5) is 11.4 Å². The molecule has 35 heavy (non-hydrogen) atoms. The summed E-state index contributed by atoms with van der Waals surface area (Å²) in [5.74, 6) is -2.15. The molecular formula is C28H20N2O5. The molecule has 1 atom stereocenters. The number of hydrogen-bond acceptors (Lipinski definition) is 5. The van der Waals surface area contributed by atoms with Crippen LogP contribution < -0.4 is 10.2 Å². The Morgan fingerprint density at radius 2 is 1.43 bits per heavy atom. The van der Waals surface area contributed by atoms with Crippen molar-refractivity contribution in [1.29, 1.82) is 0 Å². The maximum absolute atomic E-state index is 12.8. The Bertz CT molecular complexity index is 1470. The van der Waals surface area contributed by atoms with E-state index >= 15 is 0 Å². The first-order valence-electron chi connectivity index (χ1n) is 11.0. The second kappa shape index (κ2) is 8.87. The molecule has 172 valence electrons. The molecule has 4 aromatic carbocycles. The number of nitrogens with one attached hydrogen (secondary N) is 1. The van der Waals surface area contributed by atoms with Gasteiger partial charge in [-0.25, -0.2) is 9.69 Å². The molecule has 1 heterocycles. The lowest BCUT2D eigenvalue weighted by Crippen LogP contribution is -2.31. The summed E-state index contributed by atoms with van der Waals surface area (Å²) in [4.78, 5) is 52.1. The zero-order valence-electron chi connectivity index (χ0n) is 18.7. The van der Waals surface area contributed by atoms with E-state index in [0.29, 0.717) is 16.8 Å². The number of benzene rings is 4. The SMILES string of the molecule is CC(OC(=O)c1cccc(N2C(=O)c3ccccc3C2=O)c1)C(=O)Nc1cccc2ccccc12. The van der Waals surface area contributed by atoms with Gasteiger partial charge >= 0.3 is 5.97 Å². The predicted molar refractivity (Wildman–Crippen MR) is 131 cm³/mol. The molecule has 5 rings (SSSR count). The van der Waals surface area contributed by atoms with E-state index < -0.39 is 29.8 Å². The van der Waals surface area contributed by atoms with Gasteiger partial charge in [0.25, 0.3) is 17.7 Å². The van der Waals surface area contributed by atoms with Gasteiger partial charge in [-0.2, -0.15) is 0 Å². The average molecular weight is 464 g/mol. The smallest absolute Gasteiger partial charge is 0.338 e. The maximum atomic E-state index is 12.8. The van der Waals surface area contributed by atoms with Crippen LogP contribution in [-0.2, 0) is 9.53 Å². The van der Waals surface area contributed by atoms with Gasteiger partial charge < -0.3 is 10.1 Å². The summed E-state index contributed by atoms with van der Waals surface area (Å²) in [5, 5.41) is 4.65. The molecule has 0 aliphatic carbocycles. The molecule has 7 nitrogen and oxygen atoms in total. The zero-order chi connectivity index (χ0) is 24.5. The molecule has 0 bridgehead atoms. The molecule has 0 radical (unpaired) electrons. The van der Waals surface area contributed by atoms with Crippen LogP contribution in [0, 0.1) is 0 Å². The lowest BCUT2D eigenvalue weighted by molar-refractivity contribution is -0.123. The highest BCUT2D eigenvalue weighted by Gasteiger charge is 2.36. The van der Waals surface area contributed by atoms with E-state index in [0.717, 1.165) is 15.7 Å². The third-order valence-electron chi connectivity index (χ3n) is 5.83. The van der Waals surface area contributed by atoms with Crippen LogP contribution in [0.2, 0.25) is 0 Å². The molecule has 1 N–H and O–H groups in total. The summed E-state index contributed by atoms with van der Waals surface area (Å²) in [5.41, 5.74) is 1.60. The Labute approximate surface area is 200 Å². The van der Waals surface area contributed by atoms with Gasteiger partial charge in [0.05, 0.1) is 22.4 Å². The molecule has 1 aliphatic rings. The van der Waals surface area contributed by atoms with Crippen molar-refractivity contribution < 1.29 is 23.9 Å². The molecule has 0 spiro atoms. The molecule has 4 aromatic rings. The first kappa shape index (κ1) is 22.0. The summed E-state index contributed by atoms with van der Waals surface area (Å²) < 4.78 is 5.38. The molecule has 0 fully saturated rings. The number of fused-ring (bicyclic) bond motifs is 2. The van der Waals surface area contributed by atoms with Crippen LogP contribution in [-0.4, -0.2) is 29.8 Å². The van der Waals surface area contributed by atoms with Crippen LogP contribution in [0.25, 0.3) is 10.8 Å². The van der Waals surface area contributed by atoms with Crippen molar-refractivity contribution in [3.05, 3.63) is 108 Å². The number of carbonyl (C=O) groups is 4. The van der Waals surface area contributed by atoms with Crippen LogP contribution in [0.5, 0.6) is 0 Å². The minimum atomic E-state index is -1.08. The van der Waals surface area contributed by atoms with Gasteiger partial charge in [-0.3, -0.25) is 14.4 Å². The molecule has 0 saturated carbocycles. The van der Waals surface area contributed by atoms with Gasteiger partial charge in [-0.05, 0) is 48.7 Å². The minimum Gasteiger partial charge on any atom is -0.449 e. The van der Waals surface area contributed by atoms with E-state index in [1.807, 2.05) is 36.4 Å². The van der Waals surface area contributed by atoms with Crippen LogP contribution in [0.1, 0.15) is 38.0 Å². The van der Waals surface area contributed by atoms with Crippen molar-refractivity contribution in [2.24, 2.45) is 0 Å². The van der Waals surface area contributed by atoms with Gasteiger partial charge in [-0.15, -0.1) is 0 Å². The number of nitrogens with zero attached hydrogens (tertiary/aromatic N) is 1. The topological polar surface area (TPSA) is 92.8 Å². The van der Waals surface area contributed by atoms with Crippen LogP contribution in [0.15, 0.2) is 91.0 Å². The van der Waals surface area contributed by atoms with E-state index in [4.69, 9.17) is 4.74 Å². The number of imide groups is 1. The Hall–Kier alpha value is -4.78. The van der Waals surface area contributed by atoms with E-state index in [1.54, 1.807) is 42.5 Å². The quantitative estimate of drug-likeness (QED) is 0.338. The molecule has 0 aromatic heterocycles. The van der Waals surface area contributed by atoms with Gasteiger partial charge in [0.2, 0.25) is 0 Å². The summed E-state index contributed by atoms with van der Waals surface area (Å²) >= 11 is 0. The number of hydrogen-bond donors (Lipinski definition) is 1. The Balaban J connectivity index is 1.31. The van der Waals surface area contributed by atoms with E-state index in [-0.39, 0.29) is 11.3 Å². The molecule has 0 saturated heterocycles. The normalized spacial score (nSPS) is 13.5. The van der Waals surface area contributed by atoms with Crippen molar-refractivity contribution >= 4 is 45.8 Å². The lowest BCUT2D eigenvalue weighted by Gasteiger charge is -2.17.